The number of hydrogen-bond acceptors (Lipinski definition) is 3. The number of ether oxygens (including phenoxy) is 1. The van der Waals surface area contributed by atoms with Crippen molar-refractivity contribution in [2.75, 3.05) is 20.2 Å². The molecule has 2 atom stereocenters. The van der Waals surface area contributed by atoms with E-state index >= 15 is 0 Å². The number of rotatable bonds is 4. The molecule has 0 aliphatic carbocycles. The molecule has 3 heteroatoms. The molecule has 0 amide bonds. The summed E-state index contributed by atoms with van der Waals surface area (Å²) in [5.41, 5.74) is 2.42. The summed E-state index contributed by atoms with van der Waals surface area (Å²) in [6, 6.07) is 18.5. The van der Waals surface area contributed by atoms with Crippen molar-refractivity contribution in [1.82, 2.24) is 4.90 Å². The molecule has 22 heavy (non-hydrogen) atoms. The number of methoxy groups -OCH3 is 1. The zero-order valence-corrected chi connectivity index (χ0v) is 13.0. The van der Waals surface area contributed by atoms with E-state index in [2.05, 4.69) is 35.2 Å². The van der Waals surface area contributed by atoms with Gasteiger partial charge in [-0.1, -0.05) is 48.5 Å². The molecule has 1 aliphatic rings. The van der Waals surface area contributed by atoms with Crippen molar-refractivity contribution < 1.29 is 9.84 Å². The summed E-state index contributed by atoms with van der Waals surface area (Å²) < 4.78 is 5.44. The molecule has 3 rings (SSSR count). The molecule has 0 spiro atoms. The number of hydrogen-bond donors (Lipinski definition) is 1. The van der Waals surface area contributed by atoms with E-state index in [1.54, 1.807) is 7.11 Å². The van der Waals surface area contributed by atoms with Gasteiger partial charge in [0.2, 0.25) is 0 Å². The van der Waals surface area contributed by atoms with E-state index in [9.17, 15) is 5.11 Å². The van der Waals surface area contributed by atoms with E-state index in [4.69, 9.17) is 4.74 Å². The quantitative estimate of drug-likeness (QED) is 0.941. The first-order valence-electron chi connectivity index (χ1n) is 7.85. The summed E-state index contributed by atoms with van der Waals surface area (Å²) in [7, 11) is 1.69. The Morgan fingerprint density at radius 3 is 2.55 bits per heavy atom. The van der Waals surface area contributed by atoms with Gasteiger partial charge in [-0.15, -0.1) is 0 Å². The molecule has 0 aromatic heterocycles. The fourth-order valence-electron chi connectivity index (χ4n) is 3.32. The third kappa shape index (κ3) is 3.32. The Labute approximate surface area is 132 Å². The number of aliphatic hydroxyl groups is 1. The van der Waals surface area contributed by atoms with Crippen LogP contribution >= 0.6 is 0 Å². The predicted octanol–water partition coefficient (Wildman–Crippen LogP) is 3.05. The van der Waals surface area contributed by atoms with Crippen molar-refractivity contribution in [2.45, 2.75) is 25.0 Å². The van der Waals surface area contributed by atoms with Crippen LogP contribution in [0.15, 0.2) is 54.6 Å². The van der Waals surface area contributed by atoms with Crippen LogP contribution in [0.3, 0.4) is 0 Å². The zero-order valence-electron chi connectivity index (χ0n) is 13.0. The average molecular weight is 297 g/mol. The summed E-state index contributed by atoms with van der Waals surface area (Å²) >= 11 is 0. The molecule has 1 N–H and O–H groups in total. The van der Waals surface area contributed by atoms with Gasteiger partial charge in [0.1, 0.15) is 5.75 Å². The highest BCUT2D eigenvalue weighted by Crippen LogP contribution is 2.34. The summed E-state index contributed by atoms with van der Waals surface area (Å²) in [5.74, 6) is 1.03. The normalized spacial score (nSPS) is 22.5. The fourth-order valence-corrected chi connectivity index (χ4v) is 3.32. The number of likely N-dealkylation sites (tertiary alicyclic amines) is 1. The largest absolute Gasteiger partial charge is 0.496 e. The standard InChI is InChI=1S/C19H23NO2/c1-22-19-10-6-5-9-17(19)16-11-12-20(14-18(16)21)13-15-7-3-2-4-8-15/h2-10,16,18,21H,11-14H2,1H3/t16-,18+/m0/s1. The highest BCUT2D eigenvalue weighted by molar-refractivity contribution is 5.37. The van der Waals surface area contributed by atoms with Crippen LogP contribution in [0.25, 0.3) is 0 Å². The zero-order chi connectivity index (χ0) is 15.4. The number of benzene rings is 2. The van der Waals surface area contributed by atoms with Gasteiger partial charge in [-0.3, -0.25) is 4.90 Å². The van der Waals surface area contributed by atoms with Crippen LogP contribution in [0.1, 0.15) is 23.5 Å². The molecule has 1 saturated heterocycles. The van der Waals surface area contributed by atoms with E-state index in [1.165, 1.54) is 5.56 Å². The summed E-state index contributed by atoms with van der Waals surface area (Å²) in [5, 5.41) is 10.6. The smallest absolute Gasteiger partial charge is 0.122 e. The average Bonchev–Trinajstić information content (AvgIpc) is 2.56. The number of piperidine rings is 1. The van der Waals surface area contributed by atoms with Crippen molar-refractivity contribution in [1.29, 1.82) is 0 Å². The van der Waals surface area contributed by atoms with Crippen molar-refractivity contribution in [2.24, 2.45) is 0 Å². The van der Waals surface area contributed by atoms with E-state index in [0.717, 1.165) is 30.8 Å². The number of aliphatic hydroxyl groups excluding tert-OH is 1. The molecular weight excluding hydrogens is 274 g/mol. The molecule has 0 unspecified atom stereocenters. The van der Waals surface area contributed by atoms with Gasteiger partial charge in [-0.25, -0.2) is 0 Å². The molecule has 3 nitrogen and oxygen atoms in total. The van der Waals surface area contributed by atoms with E-state index < -0.39 is 0 Å². The van der Waals surface area contributed by atoms with E-state index in [-0.39, 0.29) is 12.0 Å². The maximum Gasteiger partial charge on any atom is 0.122 e. The second-order valence-corrected chi connectivity index (χ2v) is 5.93. The van der Waals surface area contributed by atoms with Gasteiger partial charge in [-0.05, 0) is 30.2 Å². The Morgan fingerprint density at radius 2 is 1.82 bits per heavy atom. The first kappa shape index (κ1) is 15.1. The number of nitrogens with zero attached hydrogens (tertiary/aromatic N) is 1. The minimum Gasteiger partial charge on any atom is -0.496 e. The third-order valence-corrected chi connectivity index (χ3v) is 4.45. The minimum absolute atomic E-state index is 0.156. The molecule has 1 fully saturated rings. The van der Waals surface area contributed by atoms with Crippen molar-refractivity contribution >= 4 is 0 Å². The molecule has 0 bridgehead atoms. The molecule has 2 aromatic carbocycles. The maximum atomic E-state index is 10.6. The van der Waals surface area contributed by atoms with E-state index in [1.807, 2.05) is 24.3 Å². The van der Waals surface area contributed by atoms with Gasteiger partial charge >= 0.3 is 0 Å². The molecular formula is C19H23NO2. The molecule has 0 saturated carbocycles. The summed E-state index contributed by atoms with van der Waals surface area (Å²) in [6.45, 7) is 2.60. The molecule has 2 aromatic rings. The first-order valence-corrected chi connectivity index (χ1v) is 7.85. The Morgan fingerprint density at radius 1 is 1.09 bits per heavy atom. The van der Waals surface area contributed by atoms with Gasteiger partial charge in [-0.2, -0.15) is 0 Å². The molecule has 0 radical (unpaired) electrons. The number of para-hydroxylation sites is 1. The Bertz CT molecular complexity index is 599. The van der Waals surface area contributed by atoms with Crippen molar-refractivity contribution in [3.8, 4) is 5.75 Å². The Balaban J connectivity index is 1.67. The topological polar surface area (TPSA) is 32.7 Å². The molecule has 1 aliphatic heterocycles. The van der Waals surface area contributed by atoms with Crippen LogP contribution in [0.5, 0.6) is 5.75 Å². The van der Waals surface area contributed by atoms with Crippen LogP contribution in [-0.2, 0) is 6.54 Å². The maximum absolute atomic E-state index is 10.6. The lowest BCUT2D eigenvalue weighted by atomic mass is 9.86. The Kier molecular flexibility index (Phi) is 4.76. The lowest BCUT2D eigenvalue weighted by Gasteiger charge is -2.36. The van der Waals surface area contributed by atoms with Crippen LogP contribution in [0.2, 0.25) is 0 Å². The summed E-state index contributed by atoms with van der Waals surface area (Å²) in [4.78, 5) is 2.33. The van der Waals surface area contributed by atoms with Gasteiger partial charge < -0.3 is 9.84 Å². The second-order valence-electron chi connectivity index (χ2n) is 5.93. The van der Waals surface area contributed by atoms with E-state index in [0.29, 0.717) is 6.54 Å². The van der Waals surface area contributed by atoms with Crippen molar-refractivity contribution in [3.05, 3.63) is 65.7 Å². The summed E-state index contributed by atoms with van der Waals surface area (Å²) in [6.07, 6.45) is 0.600. The van der Waals surface area contributed by atoms with Gasteiger partial charge in [0.25, 0.3) is 0 Å². The van der Waals surface area contributed by atoms with Crippen LogP contribution in [0.4, 0.5) is 0 Å². The fraction of sp³-hybridized carbons (Fsp3) is 0.368. The third-order valence-electron chi connectivity index (χ3n) is 4.45. The highest BCUT2D eigenvalue weighted by Gasteiger charge is 2.30. The van der Waals surface area contributed by atoms with Gasteiger partial charge in [0.15, 0.2) is 0 Å². The molecule has 1 heterocycles. The van der Waals surface area contributed by atoms with Gasteiger partial charge in [0.05, 0.1) is 13.2 Å². The van der Waals surface area contributed by atoms with Crippen LogP contribution in [-0.4, -0.2) is 36.3 Å². The first-order chi connectivity index (χ1) is 10.8. The highest BCUT2D eigenvalue weighted by atomic mass is 16.5. The van der Waals surface area contributed by atoms with Crippen LogP contribution < -0.4 is 4.74 Å². The van der Waals surface area contributed by atoms with Gasteiger partial charge in [0, 0.05) is 19.0 Å². The Hall–Kier alpha value is -1.84. The lowest BCUT2D eigenvalue weighted by Crippen LogP contribution is -2.42. The minimum atomic E-state index is -0.353. The number of β-amino-alcohol motifs (C(OH)–C–C–N with tert-alkyl or cyclic N) is 1. The SMILES string of the molecule is COc1ccccc1[C@@H]1CCN(Cc2ccccc2)C[C@H]1O. The van der Waals surface area contributed by atoms with Crippen molar-refractivity contribution in [3.63, 3.8) is 0 Å². The lowest BCUT2D eigenvalue weighted by molar-refractivity contribution is 0.0469. The monoisotopic (exact) mass is 297 g/mol. The predicted molar refractivity (Wildman–Crippen MR) is 88.1 cm³/mol. The molecule has 116 valence electrons. The second kappa shape index (κ2) is 6.95. The van der Waals surface area contributed by atoms with Crippen LogP contribution in [0, 0.1) is 0 Å².